The molecule has 0 atom stereocenters. The molecular weight excluding hydrogens is 304 g/mol. The Kier molecular flexibility index (Phi) is 3.96. The number of benzene rings is 1. The number of anilines is 2. The smallest absolute Gasteiger partial charge is 0.306 e. The van der Waals surface area contributed by atoms with Gasteiger partial charge in [-0.25, -0.2) is 9.97 Å². The largest absolute Gasteiger partial charge is 0.481 e. The van der Waals surface area contributed by atoms with Crippen molar-refractivity contribution in [3.63, 3.8) is 0 Å². The average molecular weight is 326 g/mol. The van der Waals surface area contributed by atoms with Crippen molar-refractivity contribution in [3.05, 3.63) is 24.3 Å². The Morgan fingerprint density at radius 3 is 1.92 bits per heavy atom. The Bertz CT molecular complexity index is 750. The maximum atomic E-state index is 11.2. The predicted molar refractivity (Wildman–Crippen MR) is 93.6 cm³/mol. The van der Waals surface area contributed by atoms with Crippen molar-refractivity contribution in [2.45, 2.75) is 25.7 Å². The zero-order valence-corrected chi connectivity index (χ0v) is 13.7. The number of carboxylic acid groups (broad SMARTS) is 1. The van der Waals surface area contributed by atoms with Crippen molar-refractivity contribution in [2.75, 3.05) is 36.0 Å². The number of aromatic nitrogens is 2. The van der Waals surface area contributed by atoms with Gasteiger partial charge in [0, 0.05) is 26.2 Å². The summed E-state index contributed by atoms with van der Waals surface area (Å²) in [6.07, 6.45) is 3.72. The van der Waals surface area contributed by atoms with Crippen LogP contribution in [0.5, 0.6) is 0 Å². The lowest BCUT2D eigenvalue weighted by Gasteiger charge is -2.33. The molecule has 0 saturated carbocycles. The molecule has 1 aromatic carbocycles. The molecule has 0 amide bonds. The molecule has 6 nitrogen and oxygen atoms in total. The second kappa shape index (κ2) is 6.26. The van der Waals surface area contributed by atoms with E-state index in [2.05, 4.69) is 9.80 Å². The number of piperidine rings is 1. The van der Waals surface area contributed by atoms with E-state index in [0.29, 0.717) is 12.8 Å². The van der Waals surface area contributed by atoms with Gasteiger partial charge in [-0.2, -0.15) is 0 Å². The van der Waals surface area contributed by atoms with Gasteiger partial charge >= 0.3 is 5.97 Å². The summed E-state index contributed by atoms with van der Waals surface area (Å²) in [4.78, 5) is 25.5. The van der Waals surface area contributed by atoms with E-state index in [0.717, 1.165) is 48.8 Å². The van der Waals surface area contributed by atoms with Gasteiger partial charge in [0.05, 0.1) is 17.0 Å². The number of hydrogen-bond acceptors (Lipinski definition) is 5. The second-order valence-corrected chi connectivity index (χ2v) is 6.65. The molecule has 1 N–H and O–H groups in total. The third-order valence-electron chi connectivity index (χ3n) is 5.08. The lowest BCUT2D eigenvalue weighted by molar-refractivity contribution is -0.142. The molecule has 2 aromatic rings. The lowest BCUT2D eigenvalue weighted by Crippen LogP contribution is -2.38. The van der Waals surface area contributed by atoms with E-state index in [9.17, 15) is 9.90 Å². The van der Waals surface area contributed by atoms with Gasteiger partial charge in [-0.15, -0.1) is 0 Å². The van der Waals surface area contributed by atoms with Crippen LogP contribution in [0.25, 0.3) is 11.0 Å². The summed E-state index contributed by atoms with van der Waals surface area (Å²) in [5.74, 6) is 0.961. The van der Waals surface area contributed by atoms with Crippen LogP contribution in [0.1, 0.15) is 25.7 Å². The highest BCUT2D eigenvalue weighted by atomic mass is 16.4. The molecule has 0 spiro atoms. The van der Waals surface area contributed by atoms with Gasteiger partial charge in [-0.05, 0) is 37.8 Å². The highest BCUT2D eigenvalue weighted by molar-refractivity contribution is 5.81. The summed E-state index contributed by atoms with van der Waals surface area (Å²) in [6, 6.07) is 7.96. The van der Waals surface area contributed by atoms with Crippen LogP contribution in [-0.4, -0.2) is 47.2 Å². The molecule has 0 radical (unpaired) electrons. The number of nitrogens with zero attached hydrogens (tertiary/aromatic N) is 4. The van der Waals surface area contributed by atoms with Crippen molar-refractivity contribution in [3.8, 4) is 0 Å². The molecule has 2 aliphatic heterocycles. The molecule has 126 valence electrons. The second-order valence-electron chi connectivity index (χ2n) is 6.65. The van der Waals surface area contributed by atoms with Crippen LogP contribution in [0, 0.1) is 5.92 Å². The molecule has 2 aliphatic rings. The van der Waals surface area contributed by atoms with Gasteiger partial charge in [0.1, 0.15) is 0 Å². The number of carbonyl (C=O) groups is 1. The Morgan fingerprint density at radius 1 is 0.917 bits per heavy atom. The van der Waals surface area contributed by atoms with Gasteiger partial charge in [-0.3, -0.25) is 4.79 Å². The minimum Gasteiger partial charge on any atom is -0.481 e. The average Bonchev–Trinajstić information content (AvgIpc) is 3.15. The van der Waals surface area contributed by atoms with Crippen LogP contribution in [0.2, 0.25) is 0 Å². The number of carboxylic acids is 1. The molecule has 2 fully saturated rings. The third-order valence-corrected chi connectivity index (χ3v) is 5.08. The summed E-state index contributed by atoms with van der Waals surface area (Å²) < 4.78 is 0. The van der Waals surface area contributed by atoms with Gasteiger partial charge in [0.2, 0.25) is 0 Å². The molecule has 1 aromatic heterocycles. The number of rotatable bonds is 3. The number of aliphatic carboxylic acids is 1. The summed E-state index contributed by atoms with van der Waals surface area (Å²) in [5, 5.41) is 9.21. The topological polar surface area (TPSA) is 69.6 Å². The maximum absolute atomic E-state index is 11.2. The van der Waals surface area contributed by atoms with E-state index in [1.54, 1.807) is 0 Å². The third kappa shape index (κ3) is 2.77. The predicted octanol–water partition coefficient (Wildman–Crippen LogP) is 2.53. The summed E-state index contributed by atoms with van der Waals surface area (Å²) in [7, 11) is 0. The van der Waals surface area contributed by atoms with E-state index in [-0.39, 0.29) is 5.92 Å². The Labute approximate surface area is 141 Å². The summed E-state index contributed by atoms with van der Waals surface area (Å²) in [5.41, 5.74) is 1.82. The molecule has 3 heterocycles. The van der Waals surface area contributed by atoms with Crippen molar-refractivity contribution in [1.29, 1.82) is 0 Å². The fourth-order valence-electron chi connectivity index (χ4n) is 3.67. The van der Waals surface area contributed by atoms with Crippen LogP contribution in [0.15, 0.2) is 24.3 Å². The fourth-order valence-corrected chi connectivity index (χ4v) is 3.67. The van der Waals surface area contributed by atoms with Crippen LogP contribution in [0.3, 0.4) is 0 Å². The first-order chi connectivity index (χ1) is 11.7. The van der Waals surface area contributed by atoms with Crippen LogP contribution in [-0.2, 0) is 4.79 Å². The Morgan fingerprint density at radius 2 is 1.42 bits per heavy atom. The van der Waals surface area contributed by atoms with E-state index in [4.69, 9.17) is 9.97 Å². The van der Waals surface area contributed by atoms with Crippen molar-refractivity contribution >= 4 is 28.6 Å². The Balaban J connectivity index is 1.70. The normalized spacial score (nSPS) is 19.2. The van der Waals surface area contributed by atoms with Crippen LogP contribution < -0.4 is 9.80 Å². The van der Waals surface area contributed by atoms with Crippen molar-refractivity contribution in [1.82, 2.24) is 9.97 Å². The molecule has 24 heavy (non-hydrogen) atoms. The van der Waals surface area contributed by atoms with Crippen molar-refractivity contribution < 1.29 is 9.90 Å². The van der Waals surface area contributed by atoms with Crippen LogP contribution >= 0.6 is 0 Å². The van der Waals surface area contributed by atoms with E-state index < -0.39 is 5.97 Å². The fraction of sp³-hybridized carbons (Fsp3) is 0.500. The molecule has 6 heteroatoms. The standard InChI is InChI=1S/C18H22N4O2/c23-18(24)13-7-11-22(12-8-13)17-16(21-9-3-4-10-21)19-14-5-1-2-6-15(14)20-17/h1-2,5-6,13H,3-4,7-12H2,(H,23,24). The first-order valence-electron chi connectivity index (χ1n) is 8.72. The van der Waals surface area contributed by atoms with Gasteiger partial charge < -0.3 is 14.9 Å². The summed E-state index contributed by atoms with van der Waals surface area (Å²) in [6.45, 7) is 3.49. The SMILES string of the molecule is O=C(O)C1CCN(c2nc3ccccc3nc2N2CCCC2)CC1. The van der Waals surface area contributed by atoms with Crippen molar-refractivity contribution in [2.24, 2.45) is 5.92 Å². The monoisotopic (exact) mass is 326 g/mol. The van der Waals surface area contributed by atoms with E-state index >= 15 is 0 Å². The highest BCUT2D eigenvalue weighted by Gasteiger charge is 2.29. The van der Waals surface area contributed by atoms with E-state index in [1.807, 2.05) is 24.3 Å². The number of fused-ring (bicyclic) bond motifs is 1. The molecule has 4 rings (SSSR count). The summed E-state index contributed by atoms with van der Waals surface area (Å²) >= 11 is 0. The highest BCUT2D eigenvalue weighted by Crippen LogP contribution is 2.32. The first-order valence-corrected chi connectivity index (χ1v) is 8.72. The minimum absolute atomic E-state index is 0.232. The van der Waals surface area contributed by atoms with Crippen LogP contribution in [0.4, 0.5) is 11.6 Å². The molecule has 0 bridgehead atoms. The molecular formula is C18H22N4O2. The minimum atomic E-state index is -0.681. The quantitative estimate of drug-likeness (QED) is 0.935. The Hall–Kier alpha value is -2.37. The number of para-hydroxylation sites is 2. The maximum Gasteiger partial charge on any atom is 0.306 e. The number of hydrogen-bond donors (Lipinski definition) is 1. The lowest BCUT2D eigenvalue weighted by atomic mass is 9.97. The van der Waals surface area contributed by atoms with E-state index in [1.165, 1.54) is 12.8 Å². The van der Waals surface area contributed by atoms with Gasteiger partial charge in [0.15, 0.2) is 11.6 Å². The molecule has 2 saturated heterocycles. The molecule has 0 aliphatic carbocycles. The first kappa shape index (κ1) is 15.2. The zero-order valence-electron chi connectivity index (χ0n) is 13.7. The van der Waals surface area contributed by atoms with Gasteiger partial charge in [0.25, 0.3) is 0 Å². The molecule has 0 unspecified atom stereocenters. The zero-order chi connectivity index (χ0) is 16.5. The van der Waals surface area contributed by atoms with Gasteiger partial charge in [-0.1, -0.05) is 12.1 Å².